The lowest BCUT2D eigenvalue weighted by atomic mass is 10.1. The molecule has 0 spiro atoms. The lowest BCUT2D eigenvalue weighted by molar-refractivity contribution is -0.122. The summed E-state index contributed by atoms with van der Waals surface area (Å²) >= 11 is 0. The average Bonchev–Trinajstić information content (AvgIpc) is 3.06. The molecule has 114 valence electrons. The third-order valence-corrected chi connectivity index (χ3v) is 3.81. The first-order valence-corrected chi connectivity index (χ1v) is 7.20. The number of anilines is 2. The van der Waals surface area contributed by atoms with Gasteiger partial charge in [-0.25, -0.2) is 0 Å². The van der Waals surface area contributed by atoms with E-state index in [9.17, 15) is 9.59 Å². The van der Waals surface area contributed by atoms with Crippen molar-refractivity contribution in [3.63, 3.8) is 0 Å². The monoisotopic (exact) mass is 298 g/mol. The predicted octanol–water partition coefficient (Wildman–Crippen LogP) is 1.72. The molecule has 1 aromatic carbocycles. The van der Waals surface area contributed by atoms with Crippen LogP contribution in [0.1, 0.15) is 12.0 Å². The van der Waals surface area contributed by atoms with E-state index in [-0.39, 0.29) is 24.2 Å². The molecular weight excluding hydrogens is 280 g/mol. The van der Waals surface area contributed by atoms with E-state index in [1.807, 2.05) is 31.2 Å². The highest BCUT2D eigenvalue weighted by molar-refractivity contribution is 6.03. The maximum Gasteiger partial charge on any atom is 0.231 e. The standard InChI is InChI=1S/C16H18N4O2/c1-11-3-5-13(6-4-11)20-10-12(9-15(20)21)16(22)17-14-7-8-19(2)18-14/h3-8,12H,9-10H2,1-2H3,(H,17,18,22)/t12-/m1/s1. The molecule has 6 nitrogen and oxygen atoms in total. The lowest BCUT2D eigenvalue weighted by Gasteiger charge is -2.16. The Morgan fingerprint density at radius 1 is 1.27 bits per heavy atom. The number of nitrogens with zero attached hydrogens (tertiary/aromatic N) is 3. The summed E-state index contributed by atoms with van der Waals surface area (Å²) in [6.45, 7) is 2.40. The van der Waals surface area contributed by atoms with Gasteiger partial charge in [0.1, 0.15) is 0 Å². The molecule has 2 heterocycles. The topological polar surface area (TPSA) is 67.2 Å². The van der Waals surface area contributed by atoms with Crippen LogP contribution in [0.25, 0.3) is 0 Å². The van der Waals surface area contributed by atoms with Crippen molar-refractivity contribution in [3.05, 3.63) is 42.1 Å². The van der Waals surface area contributed by atoms with Gasteiger partial charge in [-0.3, -0.25) is 14.3 Å². The fourth-order valence-electron chi connectivity index (χ4n) is 2.57. The third-order valence-electron chi connectivity index (χ3n) is 3.81. The quantitative estimate of drug-likeness (QED) is 0.938. The van der Waals surface area contributed by atoms with Crippen LogP contribution in [0.15, 0.2) is 36.5 Å². The molecule has 1 atom stereocenters. The summed E-state index contributed by atoms with van der Waals surface area (Å²) in [4.78, 5) is 26.1. The fraction of sp³-hybridized carbons (Fsp3) is 0.312. The molecule has 3 rings (SSSR count). The van der Waals surface area contributed by atoms with Crippen molar-refractivity contribution in [2.75, 3.05) is 16.8 Å². The van der Waals surface area contributed by atoms with Crippen LogP contribution in [0.2, 0.25) is 0 Å². The second-order valence-electron chi connectivity index (χ2n) is 5.60. The summed E-state index contributed by atoms with van der Waals surface area (Å²) in [6.07, 6.45) is 1.99. The summed E-state index contributed by atoms with van der Waals surface area (Å²) < 4.78 is 1.62. The molecule has 6 heteroatoms. The van der Waals surface area contributed by atoms with Gasteiger partial charge in [-0.15, -0.1) is 0 Å². The first kappa shape index (κ1) is 14.3. The zero-order valence-corrected chi connectivity index (χ0v) is 12.6. The van der Waals surface area contributed by atoms with Gasteiger partial charge in [0.2, 0.25) is 11.8 Å². The summed E-state index contributed by atoms with van der Waals surface area (Å²) in [7, 11) is 1.79. The molecule has 0 saturated carbocycles. The van der Waals surface area contributed by atoms with E-state index in [0.29, 0.717) is 12.4 Å². The molecule has 22 heavy (non-hydrogen) atoms. The summed E-state index contributed by atoms with van der Waals surface area (Å²) in [6, 6.07) is 9.47. The zero-order chi connectivity index (χ0) is 15.7. The Morgan fingerprint density at radius 2 is 2.00 bits per heavy atom. The van der Waals surface area contributed by atoms with Crippen LogP contribution < -0.4 is 10.2 Å². The third kappa shape index (κ3) is 2.86. The number of benzene rings is 1. The molecule has 1 aliphatic heterocycles. The van der Waals surface area contributed by atoms with Gasteiger partial charge < -0.3 is 10.2 Å². The van der Waals surface area contributed by atoms with E-state index in [0.717, 1.165) is 11.3 Å². The van der Waals surface area contributed by atoms with E-state index in [1.165, 1.54) is 0 Å². The highest BCUT2D eigenvalue weighted by Gasteiger charge is 2.35. The minimum atomic E-state index is -0.351. The van der Waals surface area contributed by atoms with Gasteiger partial charge in [0.25, 0.3) is 0 Å². The first-order chi connectivity index (χ1) is 10.5. The van der Waals surface area contributed by atoms with Gasteiger partial charge in [0, 0.05) is 38.0 Å². The molecule has 0 aliphatic carbocycles. The van der Waals surface area contributed by atoms with Crippen molar-refractivity contribution in [2.24, 2.45) is 13.0 Å². The Balaban J connectivity index is 1.68. The van der Waals surface area contributed by atoms with Crippen molar-refractivity contribution in [3.8, 4) is 0 Å². The molecule has 1 aliphatic rings. The maximum atomic E-state index is 12.3. The number of nitrogens with one attached hydrogen (secondary N) is 1. The van der Waals surface area contributed by atoms with Crippen molar-refractivity contribution >= 4 is 23.3 Å². The van der Waals surface area contributed by atoms with E-state index in [2.05, 4.69) is 10.4 Å². The van der Waals surface area contributed by atoms with Crippen molar-refractivity contribution in [1.82, 2.24) is 9.78 Å². The average molecular weight is 298 g/mol. The zero-order valence-electron chi connectivity index (χ0n) is 12.6. The van der Waals surface area contributed by atoms with Gasteiger partial charge in [-0.2, -0.15) is 5.10 Å². The number of amides is 2. The minimum absolute atomic E-state index is 0.0231. The normalized spacial score (nSPS) is 17.8. The van der Waals surface area contributed by atoms with E-state index in [4.69, 9.17) is 0 Å². The van der Waals surface area contributed by atoms with Crippen molar-refractivity contribution in [1.29, 1.82) is 0 Å². The highest BCUT2D eigenvalue weighted by Crippen LogP contribution is 2.26. The van der Waals surface area contributed by atoms with Crippen LogP contribution in [-0.4, -0.2) is 28.1 Å². The minimum Gasteiger partial charge on any atom is -0.312 e. The van der Waals surface area contributed by atoms with Crippen LogP contribution in [0, 0.1) is 12.8 Å². The molecule has 2 amide bonds. The molecule has 1 saturated heterocycles. The number of carbonyl (C=O) groups excluding carboxylic acids is 2. The second-order valence-corrected chi connectivity index (χ2v) is 5.60. The Bertz CT molecular complexity index is 705. The Kier molecular flexibility index (Phi) is 3.66. The van der Waals surface area contributed by atoms with Crippen LogP contribution >= 0.6 is 0 Å². The number of rotatable bonds is 3. The van der Waals surface area contributed by atoms with Gasteiger partial charge in [-0.05, 0) is 19.1 Å². The molecule has 0 bridgehead atoms. The summed E-state index contributed by atoms with van der Waals surface area (Å²) in [5, 5.41) is 6.87. The van der Waals surface area contributed by atoms with Gasteiger partial charge in [0.05, 0.1) is 5.92 Å². The second kappa shape index (κ2) is 5.63. The molecule has 0 radical (unpaired) electrons. The Labute approximate surface area is 128 Å². The maximum absolute atomic E-state index is 12.3. The molecular formula is C16H18N4O2. The molecule has 1 aromatic heterocycles. The van der Waals surface area contributed by atoms with E-state index < -0.39 is 0 Å². The van der Waals surface area contributed by atoms with Crippen LogP contribution in [0.3, 0.4) is 0 Å². The fourth-order valence-corrected chi connectivity index (χ4v) is 2.57. The number of aryl methyl sites for hydroxylation is 2. The first-order valence-electron chi connectivity index (χ1n) is 7.20. The Morgan fingerprint density at radius 3 is 2.64 bits per heavy atom. The molecule has 2 aromatic rings. The molecule has 0 unspecified atom stereocenters. The number of carbonyl (C=O) groups is 2. The number of aromatic nitrogens is 2. The largest absolute Gasteiger partial charge is 0.312 e. The smallest absolute Gasteiger partial charge is 0.231 e. The van der Waals surface area contributed by atoms with Gasteiger partial charge in [-0.1, -0.05) is 17.7 Å². The summed E-state index contributed by atoms with van der Waals surface area (Å²) in [5.41, 5.74) is 1.98. The van der Waals surface area contributed by atoms with E-state index in [1.54, 1.807) is 28.9 Å². The van der Waals surface area contributed by atoms with Gasteiger partial charge >= 0.3 is 0 Å². The lowest BCUT2D eigenvalue weighted by Crippen LogP contribution is -2.28. The number of hydrogen-bond donors (Lipinski definition) is 1. The molecule has 1 N–H and O–H groups in total. The predicted molar refractivity (Wildman–Crippen MR) is 83.5 cm³/mol. The molecule has 1 fully saturated rings. The number of hydrogen-bond acceptors (Lipinski definition) is 3. The Hall–Kier alpha value is -2.63. The van der Waals surface area contributed by atoms with Crippen LogP contribution in [-0.2, 0) is 16.6 Å². The van der Waals surface area contributed by atoms with Crippen LogP contribution in [0.5, 0.6) is 0 Å². The van der Waals surface area contributed by atoms with Crippen molar-refractivity contribution < 1.29 is 9.59 Å². The summed E-state index contributed by atoms with van der Waals surface area (Å²) in [5.74, 6) is -0.0313. The van der Waals surface area contributed by atoms with Gasteiger partial charge in [0.15, 0.2) is 5.82 Å². The highest BCUT2D eigenvalue weighted by atomic mass is 16.2. The SMILES string of the molecule is Cc1ccc(N2C[C@H](C(=O)Nc3ccn(C)n3)CC2=O)cc1. The van der Waals surface area contributed by atoms with E-state index >= 15 is 0 Å². The van der Waals surface area contributed by atoms with Crippen LogP contribution in [0.4, 0.5) is 11.5 Å². The van der Waals surface area contributed by atoms with Crippen molar-refractivity contribution in [2.45, 2.75) is 13.3 Å².